The zero-order chi connectivity index (χ0) is 14.5. The predicted molar refractivity (Wildman–Crippen MR) is 90.1 cm³/mol. The molecule has 0 aromatic heterocycles. The fourth-order valence-electron chi connectivity index (χ4n) is 3.35. The number of hydrogen-bond donors (Lipinski definition) is 1. The smallest absolute Gasteiger partial charge is 0.0208 e. The quantitative estimate of drug-likeness (QED) is 0.810. The Kier molecular flexibility index (Phi) is 4.72. The van der Waals surface area contributed by atoms with Crippen molar-refractivity contribution >= 4 is 0 Å². The van der Waals surface area contributed by atoms with Crippen LogP contribution >= 0.6 is 0 Å². The fraction of sp³-hybridized carbons (Fsp3) is 0.400. The first kappa shape index (κ1) is 14.3. The Labute approximate surface area is 128 Å². The van der Waals surface area contributed by atoms with Crippen molar-refractivity contribution in [2.45, 2.75) is 45.2 Å². The van der Waals surface area contributed by atoms with Crippen LogP contribution in [0.2, 0.25) is 0 Å². The Bertz CT molecular complexity index is 538. The average molecular weight is 279 g/mol. The van der Waals surface area contributed by atoms with Crippen molar-refractivity contribution < 1.29 is 0 Å². The van der Waals surface area contributed by atoms with Gasteiger partial charge in [-0.2, -0.15) is 0 Å². The molecule has 1 N–H and O–H groups in total. The molecular weight excluding hydrogens is 254 g/mol. The largest absolute Gasteiger partial charge is 0.310 e. The van der Waals surface area contributed by atoms with Crippen molar-refractivity contribution in [3.8, 4) is 11.1 Å². The van der Waals surface area contributed by atoms with Crippen molar-refractivity contribution in [3.63, 3.8) is 0 Å². The first-order valence-corrected chi connectivity index (χ1v) is 8.21. The van der Waals surface area contributed by atoms with Crippen LogP contribution in [0.5, 0.6) is 0 Å². The Morgan fingerprint density at radius 1 is 0.905 bits per heavy atom. The second-order valence-electron chi connectivity index (χ2n) is 6.28. The third-order valence-electron chi connectivity index (χ3n) is 4.80. The summed E-state index contributed by atoms with van der Waals surface area (Å²) in [5.41, 5.74) is 3.96. The van der Waals surface area contributed by atoms with Crippen LogP contribution in [0.15, 0.2) is 54.6 Å². The summed E-state index contributed by atoms with van der Waals surface area (Å²) in [5, 5.41) is 3.70. The van der Waals surface area contributed by atoms with E-state index in [1.54, 1.807) is 0 Å². The monoisotopic (exact) mass is 279 g/mol. The van der Waals surface area contributed by atoms with E-state index in [0.717, 1.165) is 12.5 Å². The highest BCUT2D eigenvalue weighted by molar-refractivity contribution is 5.63. The van der Waals surface area contributed by atoms with E-state index in [9.17, 15) is 0 Å². The van der Waals surface area contributed by atoms with E-state index in [2.05, 4.69) is 66.8 Å². The summed E-state index contributed by atoms with van der Waals surface area (Å²) in [6, 6.07) is 20.2. The van der Waals surface area contributed by atoms with Gasteiger partial charge in [0.25, 0.3) is 0 Å². The van der Waals surface area contributed by atoms with Crippen LogP contribution in [-0.4, -0.2) is 6.04 Å². The Hall–Kier alpha value is -1.60. The molecule has 1 nitrogen and oxygen atoms in total. The summed E-state index contributed by atoms with van der Waals surface area (Å²) >= 11 is 0. The highest BCUT2D eigenvalue weighted by atomic mass is 14.9. The molecule has 2 aromatic rings. The van der Waals surface area contributed by atoms with Gasteiger partial charge in [0.1, 0.15) is 0 Å². The van der Waals surface area contributed by atoms with Crippen molar-refractivity contribution in [3.05, 3.63) is 60.2 Å². The summed E-state index contributed by atoms with van der Waals surface area (Å²) in [6.45, 7) is 3.32. The molecule has 1 saturated carbocycles. The minimum atomic E-state index is 0.640. The normalized spacial score (nSPS) is 17.0. The van der Waals surface area contributed by atoms with Gasteiger partial charge in [0.05, 0.1) is 0 Å². The molecule has 21 heavy (non-hydrogen) atoms. The van der Waals surface area contributed by atoms with Gasteiger partial charge in [-0.3, -0.25) is 0 Å². The second-order valence-corrected chi connectivity index (χ2v) is 6.28. The molecule has 110 valence electrons. The SMILES string of the molecule is C[C@H](NCc1ccc(-c2ccccc2)cc1)C1CCCC1. The predicted octanol–water partition coefficient (Wildman–Crippen LogP) is 5.02. The third kappa shape index (κ3) is 3.74. The molecule has 0 unspecified atom stereocenters. The maximum Gasteiger partial charge on any atom is 0.0208 e. The topological polar surface area (TPSA) is 12.0 Å². The van der Waals surface area contributed by atoms with Gasteiger partial charge in [0, 0.05) is 12.6 Å². The molecule has 1 aliphatic rings. The maximum atomic E-state index is 3.70. The molecule has 0 amide bonds. The van der Waals surface area contributed by atoms with Crippen LogP contribution in [0.25, 0.3) is 11.1 Å². The van der Waals surface area contributed by atoms with Crippen LogP contribution in [-0.2, 0) is 6.54 Å². The standard InChI is InChI=1S/C20H25N/c1-16(18-7-5-6-8-18)21-15-17-11-13-20(14-12-17)19-9-3-2-4-10-19/h2-4,9-14,16,18,21H,5-8,15H2,1H3/t16-/m0/s1. The van der Waals surface area contributed by atoms with Gasteiger partial charge >= 0.3 is 0 Å². The minimum Gasteiger partial charge on any atom is -0.310 e. The van der Waals surface area contributed by atoms with E-state index in [1.807, 2.05) is 0 Å². The van der Waals surface area contributed by atoms with Crippen LogP contribution in [0, 0.1) is 5.92 Å². The van der Waals surface area contributed by atoms with Gasteiger partial charge < -0.3 is 5.32 Å². The van der Waals surface area contributed by atoms with E-state index in [4.69, 9.17) is 0 Å². The molecular formula is C20H25N. The molecule has 2 aromatic carbocycles. The third-order valence-corrected chi connectivity index (χ3v) is 4.80. The van der Waals surface area contributed by atoms with Crippen molar-refractivity contribution in [1.82, 2.24) is 5.32 Å². The zero-order valence-corrected chi connectivity index (χ0v) is 12.9. The van der Waals surface area contributed by atoms with Crippen molar-refractivity contribution in [2.75, 3.05) is 0 Å². The summed E-state index contributed by atoms with van der Waals surface area (Å²) < 4.78 is 0. The summed E-state index contributed by atoms with van der Waals surface area (Å²) in [4.78, 5) is 0. The fourth-order valence-corrected chi connectivity index (χ4v) is 3.35. The molecule has 1 aliphatic carbocycles. The highest BCUT2D eigenvalue weighted by Gasteiger charge is 2.20. The lowest BCUT2D eigenvalue weighted by molar-refractivity contribution is 0.380. The van der Waals surface area contributed by atoms with E-state index < -0.39 is 0 Å². The minimum absolute atomic E-state index is 0.640. The van der Waals surface area contributed by atoms with Crippen LogP contribution in [0.3, 0.4) is 0 Å². The first-order chi connectivity index (χ1) is 10.3. The van der Waals surface area contributed by atoms with Gasteiger partial charge in [-0.1, -0.05) is 67.4 Å². The van der Waals surface area contributed by atoms with Crippen molar-refractivity contribution in [2.24, 2.45) is 5.92 Å². The van der Waals surface area contributed by atoms with E-state index in [1.165, 1.54) is 42.4 Å². The van der Waals surface area contributed by atoms with Gasteiger partial charge in [-0.05, 0) is 42.4 Å². The molecule has 1 atom stereocenters. The number of nitrogens with one attached hydrogen (secondary N) is 1. The Morgan fingerprint density at radius 2 is 1.52 bits per heavy atom. The first-order valence-electron chi connectivity index (χ1n) is 8.21. The van der Waals surface area contributed by atoms with E-state index >= 15 is 0 Å². The zero-order valence-electron chi connectivity index (χ0n) is 12.9. The summed E-state index contributed by atoms with van der Waals surface area (Å²) in [6.07, 6.45) is 5.65. The summed E-state index contributed by atoms with van der Waals surface area (Å²) in [7, 11) is 0. The lowest BCUT2D eigenvalue weighted by Gasteiger charge is -2.20. The second kappa shape index (κ2) is 6.91. The maximum absolute atomic E-state index is 3.70. The lowest BCUT2D eigenvalue weighted by Crippen LogP contribution is -2.31. The molecule has 0 heterocycles. The van der Waals surface area contributed by atoms with Gasteiger partial charge in [0.15, 0.2) is 0 Å². The molecule has 0 saturated heterocycles. The Balaban J connectivity index is 1.57. The van der Waals surface area contributed by atoms with Crippen molar-refractivity contribution in [1.29, 1.82) is 0 Å². The van der Waals surface area contributed by atoms with Gasteiger partial charge in [-0.15, -0.1) is 0 Å². The average Bonchev–Trinajstić information content (AvgIpc) is 3.08. The van der Waals surface area contributed by atoms with E-state index in [-0.39, 0.29) is 0 Å². The number of hydrogen-bond acceptors (Lipinski definition) is 1. The van der Waals surface area contributed by atoms with Crippen LogP contribution in [0.4, 0.5) is 0 Å². The molecule has 0 bridgehead atoms. The molecule has 3 rings (SSSR count). The lowest BCUT2D eigenvalue weighted by atomic mass is 9.99. The molecule has 0 spiro atoms. The molecule has 0 aliphatic heterocycles. The molecule has 0 radical (unpaired) electrons. The molecule has 1 fully saturated rings. The van der Waals surface area contributed by atoms with Crippen LogP contribution in [0.1, 0.15) is 38.2 Å². The number of rotatable bonds is 5. The van der Waals surface area contributed by atoms with Gasteiger partial charge in [0.2, 0.25) is 0 Å². The van der Waals surface area contributed by atoms with Gasteiger partial charge in [-0.25, -0.2) is 0 Å². The molecule has 1 heteroatoms. The van der Waals surface area contributed by atoms with E-state index in [0.29, 0.717) is 6.04 Å². The highest BCUT2D eigenvalue weighted by Crippen LogP contribution is 2.27. The number of benzene rings is 2. The van der Waals surface area contributed by atoms with Crippen LogP contribution < -0.4 is 5.32 Å². The summed E-state index contributed by atoms with van der Waals surface area (Å²) in [5.74, 6) is 0.883. The Morgan fingerprint density at radius 3 is 2.19 bits per heavy atom.